The molecule has 1 aromatic carbocycles. The molecule has 2 aromatic heterocycles. The first kappa shape index (κ1) is 26.2. The van der Waals surface area contributed by atoms with E-state index in [0.29, 0.717) is 22.8 Å². The zero-order valence-corrected chi connectivity index (χ0v) is 20.9. The van der Waals surface area contributed by atoms with Crippen LogP contribution in [0.15, 0.2) is 30.5 Å². The maximum atomic E-state index is 12.1. The summed E-state index contributed by atoms with van der Waals surface area (Å²) in [5, 5.41) is 28.9. The lowest BCUT2D eigenvalue weighted by molar-refractivity contribution is -0.0364. The van der Waals surface area contributed by atoms with Crippen molar-refractivity contribution in [2.24, 2.45) is 0 Å². The molecule has 0 aliphatic carbocycles. The van der Waals surface area contributed by atoms with Crippen LogP contribution >= 0.6 is 30.8 Å². The number of aromatic nitrogens is 4. The van der Waals surface area contributed by atoms with Gasteiger partial charge >= 0.3 is 7.60 Å². The van der Waals surface area contributed by atoms with Crippen molar-refractivity contribution in [2.75, 3.05) is 16.6 Å². The molecule has 1 fully saturated rings. The Morgan fingerprint density at radius 2 is 1.86 bits per heavy atom. The molecule has 1 aliphatic heterocycles. The van der Waals surface area contributed by atoms with Crippen LogP contribution in [0, 0.1) is 0 Å². The van der Waals surface area contributed by atoms with Crippen LogP contribution in [0.3, 0.4) is 0 Å². The summed E-state index contributed by atoms with van der Waals surface area (Å²) in [6, 6.07) is 7.18. The van der Waals surface area contributed by atoms with Crippen molar-refractivity contribution in [3.8, 4) is 0 Å². The summed E-state index contributed by atoms with van der Waals surface area (Å²) < 4.78 is 42.0. The minimum atomic E-state index is -4.87. The molecule has 35 heavy (non-hydrogen) atoms. The van der Waals surface area contributed by atoms with Gasteiger partial charge in [-0.1, -0.05) is 29.8 Å². The first-order valence-corrected chi connectivity index (χ1v) is 14.4. The van der Waals surface area contributed by atoms with Gasteiger partial charge in [0.2, 0.25) is 5.28 Å². The van der Waals surface area contributed by atoms with Gasteiger partial charge in [0, 0.05) is 11.6 Å². The van der Waals surface area contributed by atoms with Gasteiger partial charge in [-0.3, -0.25) is 4.57 Å². The fraction of sp³-hybridized carbons (Fsp3) is 0.389. The second-order valence-electron chi connectivity index (χ2n) is 7.86. The molecule has 0 spiro atoms. The second-order valence-corrected chi connectivity index (χ2v) is 12.8. The van der Waals surface area contributed by atoms with Gasteiger partial charge < -0.3 is 30.1 Å². The predicted octanol–water partition coefficient (Wildman–Crippen LogP) is 0.914. The van der Waals surface area contributed by atoms with E-state index in [4.69, 9.17) is 37.7 Å². The number of anilines is 1. The van der Waals surface area contributed by atoms with Crippen LogP contribution in [-0.4, -0.2) is 77.7 Å². The second kappa shape index (κ2) is 9.88. The maximum absolute atomic E-state index is 12.1. The normalized spacial score (nSPS) is 23.1. The van der Waals surface area contributed by atoms with Crippen molar-refractivity contribution in [1.29, 1.82) is 0 Å². The molecule has 0 radical (unpaired) electrons. The lowest BCUT2D eigenvalue weighted by Crippen LogP contribution is -2.36. The van der Waals surface area contributed by atoms with Gasteiger partial charge in [0.25, 0.3) is 0 Å². The van der Waals surface area contributed by atoms with Crippen LogP contribution in [0.2, 0.25) is 10.3 Å². The van der Waals surface area contributed by atoms with Gasteiger partial charge in [0.1, 0.15) is 24.1 Å². The van der Waals surface area contributed by atoms with E-state index in [-0.39, 0.29) is 10.9 Å². The van der Waals surface area contributed by atoms with E-state index in [1.807, 2.05) is 12.1 Å². The van der Waals surface area contributed by atoms with Gasteiger partial charge in [-0.2, -0.15) is 15.1 Å². The van der Waals surface area contributed by atoms with Crippen LogP contribution in [0.5, 0.6) is 0 Å². The van der Waals surface area contributed by atoms with Crippen molar-refractivity contribution in [1.82, 2.24) is 19.7 Å². The number of hydrogen-bond donors (Lipinski definition) is 5. The fourth-order valence-corrected chi connectivity index (χ4v) is 7.28. The Kier molecular flexibility index (Phi) is 7.40. The number of rotatable bonds is 8. The molecular formula is C18H20Cl2N5O8PS. The lowest BCUT2D eigenvalue weighted by Gasteiger charge is -2.16. The maximum Gasteiger partial charge on any atom is 0.340 e. The summed E-state index contributed by atoms with van der Waals surface area (Å²) in [6.45, 7) is 0.300. The van der Waals surface area contributed by atoms with Crippen molar-refractivity contribution in [2.45, 2.75) is 31.1 Å². The van der Waals surface area contributed by atoms with Crippen molar-refractivity contribution in [3.05, 3.63) is 46.3 Å². The third-order valence-corrected chi connectivity index (χ3v) is 9.49. The molecule has 0 unspecified atom stereocenters. The molecule has 3 heterocycles. The highest BCUT2D eigenvalue weighted by Gasteiger charge is 2.47. The van der Waals surface area contributed by atoms with E-state index in [1.165, 1.54) is 6.20 Å². The van der Waals surface area contributed by atoms with Crippen LogP contribution < -0.4 is 5.32 Å². The molecule has 1 saturated heterocycles. The van der Waals surface area contributed by atoms with Crippen molar-refractivity contribution in [3.63, 3.8) is 0 Å². The van der Waals surface area contributed by atoms with Crippen LogP contribution in [0.4, 0.5) is 5.82 Å². The SMILES string of the molecule is O=P(O)(O)CS(=O)(=O)C[C@H]1O[C@@H](n2ncc3c(NCc4ccccc4Cl)nc(Cl)nc32)[C@H](O)[C@@H]1O. The third-order valence-electron chi connectivity index (χ3n) is 5.19. The molecule has 0 amide bonds. The zero-order chi connectivity index (χ0) is 25.5. The van der Waals surface area contributed by atoms with Crippen LogP contribution in [0.1, 0.15) is 11.8 Å². The molecule has 4 atom stereocenters. The van der Waals surface area contributed by atoms with Gasteiger partial charge in [-0.25, -0.2) is 13.1 Å². The Balaban J connectivity index is 1.59. The summed E-state index contributed by atoms with van der Waals surface area (Å²) in [5.74, 6) is -0.619. The number of benzene rings is 1. The van der Waals surface area contributed by atoms with Gasteiger partial charge in [0.15, 0.2) is 27.2 Å². The highest BCUT2D eigenvalue weighted by atomic mass is 35.5. The standard InChI is InChI=1S/C18H20Cl2N5O8PS/c19-11-4-2-1-3-9(11)5-21-15-10-6-22-25(16(10)24-18(20)23-15)17-14(27)13(26)12(33-17)7-35(31,32)8-34(28,29)30/h1-4,6,12-14,17,26-27H,5,7-8H2,(H,21,23,24)(H2,28,29,30)/t12-,13-,14-,17-/m1/s1. The van der Waals surface area contributed by atoms with Crippen molar-refractivity contribution >= 4 is 57.5 Å². The average Bonchev–Trinajstić information content (AvgIpc) is 3.27. The first-order valence-electron chi connectivity index (χ1n) is 9.99. The summed E-state index contributed by atoms with van der Waals surface area (Å²) in [6.07, 6.45) is -4.76. The number of ether oxygens (including phenoxy) is 1. The molecule has 1 aliphatic rings. The quantitative estimate of drug-likeness (QED) is 0.191. The van der Waals surface area contributed by atoms with E-state index in [2.05, 4.69) is 20.4 Å². The monoisotopic (exact) mass is 567 g/mol. The number of aliphatic hydroxyl groups excluding tert-OH is 2. The molecule has 0 saturated carbocycles. The Bertz CT molecular complexity index is 1400. The van der Waals surface area contributed by atoms with Gasteiger partial charge in [-0.15, -0.1) is 0 Å². The van der Waals surface area contributed by atoms with E-state index < -0.39 is 53.2 Å². The Morgan fingerprint density at radius 3 is 2.54 bits per heavy atom. The Morgan fingerprint density at radius 1 is 1.14 bits per heavy atom. The number of halogens is 2. The molecule has 190 valence electrons. The molecule has 0 bridgehead atoms. The van der Waals surface area contributed by atoms with Gasteiger partial charge in [-0.05, 0) is 23.2 Å². The topological polar surface area (TPSA) is 197 Å². The Hall–Kier alpha value is -1.87. The number of hydrogen-bond acceptors (Lipinski definition) is 10. The average molecular weight is 568 g/mol. The van der Waals surface area contributed by atoms with E-state index in [1.54, 1.807) is 12.1 Å². The van der Waals surface area contributed by atoms with E-state index in [9.17, 15) is 23.2 Å². The highest BCUT2D eigenvalue weighted by Crippen LogP contribution is 2.38. The highest BCUT2D eigenvalue weighted by molar-refractivity contribution is 7.97. The number of sulfone groups is 1. The number of nitrogens with one attached hydrogen (secondary N) is 1. The molecule has 17 heteroatoms. The number of nitrogens with zero attached hydrogens (tertiary/aromatic N) is 4. The molecule has 4 rings (SSSR count). The first-order chi connectivity index (χ1) is 16.3. The fourth-order valence-electron chi connectivity index (χ4n) is 3.67. The molecular weight excluding hydrogens is 548 g/mol. The largest absolute Gasteiger partial charge is 0.387 e. The zero-order valence-electron chi connectivity index (χ0n) is 17.6. The number of aliphatic hydroxyl groups is 2. The minimum Gasteiger partial charge on any atom is -0.387 e. The van der Waals surface area contributed by atoms with Crippen molar-refractivity contribution < 1.29 is 37.7 Å². The third kappa shape index (κ3) is 5.93. The van der Waals surface area contributed by atoms with E-state index >= 15 is 0 Å². The molecule has 3 aromatic rings. The lowest BCUT2D eigenvalue weighted by atomic mass is 10.1. The summed E-state index contributed by atoms with van der Waals surface area (Å²) >= 11 is 12.3. The van der Waals surface area contributed by atoms with E-state index in [0.717, 1.165) is 10.2 Å². The summed E-state index contributed by atoms with van der Waals surface area (Å²) in [4.78, 5) is 26.2. The molecule has 13 nitrogen and oxygen atoms in total. The Labute approximate surface area is 208 Å². The summed E-state index contributed by atoms with van der Waals surface area (Å²) in [5.41, 5.74) is -0.496. The predicted molar refractivity (Wildman–Crippen MR) is 126 cm³/mol. The molecule has 5 N–H and O–H groups in total. The van der Waals surface area contributed by atoms with Crippen LogP contribution in [0.25, 0.3) is 11.0 Å². The minimum absolute atomic E-state index is 0.127. The number of fused-ring (bicyclic) bond motifs is 1. The smallest absolute Gasteiger partial charge is 0.340 e. The summed E-state index contributed by atoms with van der Waals surface area (Å²) in [7, 11) is -9.19. The van der Waals surface area contributed by atoms with Gasteiger partial charge in [0.05, 0.1) is 17.3 Å². The van der Waals surface area contributed by atoms with Crippen LogP contribution in [-0.2, 0) is 25.7 Å².